The molecule has 0 fully saturated rings. The van der Waals surface area contributed by atoms with E-state index >= 15 is 0 Å². The Morgan fingerprint density at radius 3 is 2.58 bits per heavy atom. The number of hydrogen-bond acceptors (Lipinski definition) is 6. The zero-order valence-corrected chi connectivity index (χ0v) is 14.7. The molecular formula is C17H10ClN5O2S. The van der Waals surface area contributed by atoms with Crippen LogP contribution in [0, 0.1) is 10.1 Å². The Hall–Kier alpha value is -2.97. The molecule has 0 radical (unpaired) electrons. The number of nitro groups is 1. The van der Waals surface area contributed by atoms with E-state index in [0.29, 0.717) is 5.02 Å². The summed E-state index contributed by atoms with van der Waals surface area (Å²) in [4.78, 5) is 24.6. The highest BCUT2D eigenvalue weighted by Gasteiger charge is 2.26. The molecule has 0 saturated heterocycles. The second kappa shape index (κ2) is 6.74. The highest BCUT2D eigenvalue weighted by atomic mass is 35.5. The monoisotopic (exact) mass is 383 g/mol. The number of fused-ring (bicyclic) bond motifs is 1. The number of halogens is 1. The maximum absolute atomic E-state index is 11.8. The van der Waals surface area contributed by atoms with Crippen LogP contribution in [0.3, 0.4) is 0 Å². The van der Waals surface area contributed by atoms with E-state index in [-0.39, 0.29) is 16.5 Å². The summed E-state index contributed by atoms with van der Waals surface area (Å²) in [5, 5.41) is 12.6. The zero-order valence-electron chi connectivity index (χ0n) is 13.1. The summed E-state index contributed by atoms with van der Waals surface area (Å²) in [6.45, 7) is 0. The maximum Gasteiger partial charge on any atom is 0.344 e. The SMILES string of the molecule is O=[N+]([O-])c1c(Sc2ccc(Cl)cc2)ncnc1-n1cnc2ccccc21. The lowest BCUT2D eigenvalue weighted by Gasteiger charge is -2.07. The van der Waals surface area contributed by atoms with Gasteiger partial charge in [-0.3, -0.25) is 14.7 Å². The summed E-state index contributed by atoms with van der Waals surface area (Å²) in [5.74, 6) is 0.176. The van der Waals surface area contributed by atoms with Gasteiger partial charge in [-0.25, -0.2) is 15.0 Å². The molecule has 0 amide bonds. The number of hydrogen-bond donors (Lipinski definition) is 0. The van der Waals surface area contributed by atoms with Gasteiger partial charge < -0.3 is 0 Å². The Bertz CT molecular complexity index is 1110. The van der Waals surface area contributed by atoms with Crippen LogP contribution in [0.5, 0.6) is 0 Å². The molecule has 2 aromatic carbocycles. The smallest absolute Gasteiger partial charge is 0.277 e. The summed E-state index contributed by atoms with van der Waals surface area (Å²) in [7, 11) is 0. The van der Waals surface area contributed by atoms with Crippen molar-refractivity contribution in [2.75, 3.05) is 0 Å². The molecule has 9 heteroatoms. The van der Waals surface area contributed by atoms with Gasteiger partial charge in [-0.15, -0.1) is 0 Å². The zero-order chi connectivity index (χ0) is 18.1. The average molecular weight is 384 g/mol. The van der Waals surface area contributed by atoms with Crippen molar-refractivity contribution in [2.45, 2.75) is 9.92 Å². The molecule has 0 aliphatic heterocycles. The van der Waals surface area contributed by atoms with Crippen LogP contribution < -0.4 is 0 Å². The quantitative estimate of drug-likeness (QED) is 0.292. The Labute approximate surface area is 156 Å². The van der Waals surface area contributed by atoms with Crippen LogP contribution in [-0.2, 0) is 0 Å². The second-order valence-corrected chi connectivity index (χ2v) is 6.77. The van der Waals surface area contributed by atoms with Gasteiger partial charge in [0.25, 0.3) is 0 Å². The third-order valence-electron chi connectivity index (χ3n) is 3.66. The van der Waals surface area contributed by atoms with Crippen LogP contribution in [0.2, 0.25) is 5.02 Å². The van der Waals surface area contributed by atoms with Crippen molar-refractivity contribution in [3.8, 4) is 5.82 Å². The number of imidazole rings is 1. The third-order valence-corrected chi connectivity index (χ3v) is 4.91. The number of rotatable bonds is 4. The lowest BCUT2D eigenvalue weighted by Crippen LogP contribution is -2.05. The van der Waals surface area contributed by atoms with Crippen LogP contribution >= 0.6 is 23.4 Å². The molecule has 7 nitrogen and oxygen atoms in total. The molecule has 0 bridgehead atoms. The minimum atomic E-state index is -0.470. The Morgan fingerprint density at radius 2 is 1.81 bits per heavy atom. The largest absolute Gasteiger partial charge is 0.344 e. The van der Waals surface area contributed by atoms with Gasteiger partial charge in [0.1, 0.15) is 12.7 Å². The van der Waals surface area contributed by atoms with Crippen molar-refractivity contribution >= 4 is 40.1 Å². The van der Waals surface area contributed by atoms with Gasteiger partial charge in [0.15, 0.2) is 5.03 Å². The first-order valence-corrected chi connectivity index (χ1v) is 8.68. The molecule has 2 aromatic heterocycles. The van der Waals surface area contributed by atoms with Crippen LogP contribution in [-0.4, -0.2) is 24.4 Å². The van der Waals surface area contributed by atoms with Gasteiger partial charge in [-0.2, -0.15) is 0 Å². The van der Waals surface area contributed by atoms with Crippen LogP contribution in [0.4, 0.5) is 5.69 Å². The van der Waals surface area contributed by atoms with Gasteiger partial charge in [0.05, 0.1) is 16.0 Å². The van der Waals surface area contributed by atoms with E-state index in [2.05, 4.69) is 15.0 Å². The van der Waals surface area contributed by atoms with Crippen molar-refractivity contribution in [1.29, 1.82) is 0 Å². The molecular weight excluding hydrogens is 374 g/mol. The normalized spacial score (nSPS) is 11.0. The number of benzene rings is 2. The van der Waals surface area contributed by atoms with E-state index < -0.39 is 4.92 Å². The van der Waals surface area contributed by atoms with E-state index in [1.807, 2.05) is 24.3 Å². The lowest BCUT2D eigenvalue weighted by atomic mass is 10.3. The molecule has 0 unspecified atom stereocenters. The summed E-state index contributed by atoms with van der Waals surface area (Å²) in [6.07, 6.45) is 2.84. The van der Waals surface area contributed by atoms with Gasteiger partial charge in [0.2, 0.25) is 5.82 Å². The van der Waals surface area contributed by atoms with Gasteiger partial charge in [-0.1, -0.05) is 35.5 Å². The standard InChI is InChI=1S/C17H10ClN5O2S/c18-11-5-7-12(8-6-11)26-17-15(23(24)25)16(19-9-20-17)22-10-21-13-3-1-2-4-14(13)22/h1-10H. The van der Waals surface area contributed by atoms with Crippen molar-refractivity contribution < 1.29 is 4.92 Å². The van der Waals surface area contributed by atoms with Crippen LogP contribution in [0.25, 0.3) is 16.9 Å². The van der Waals surface area contributed by atoms with E-state index in [0.717, 1.165) is 15.9 Å². The van der Waals surface area contributed by atoms with Crippen LogP contribution in [0.15, 0.2) is 71.1 Å². The average Bonchev–Trinajstić information content (AvgIpc) is 3.07. The molecule has 0 spiro atoms. The highest BCUT2D eigenvalue weighted by Crippen LogP contribution is 2.36. The number of para-hydroxylation sites is 2. The second-order valence-electron chi connectivity index (χ2n) is 5.27. The molecule has 2 heterocycles. The van der Waals surface area contributed by atoms with Crippen LogP contribution in [0.1, 0.15) is 0 Å². The summed E-state index contributed by atoms with van der Waals surface area (Å²) < 4.78 is 1.60. The number of nitrogens with zero attached hydrogens (tertiary/aromatic N) is 5. The van der Waals surface area contributed by atoms with E-state index in [1.54, 1.807) is 28.8 Å². The first kappa shape index (κ1) is 16.5. The van der Waals surface area contributed by atoms with Crippen molar-refractivity contribution in [3.05, 3.63) is 76.3 Å². The fraction of sp³-hybridized carbons (Fsp3) is 0. The number of aromatic nitrogens is 4. The van der Waals surface area contributed by atoms with Crippen molar-refractivity contribution in [2.24, 2.45) is 0 Å². The molecule has 4 rings (SSSR count). The van der Waals surface area contributed by atoms with Gasteiger partial charge >= 0.3 is 5.69 Å². The maximum atomic E-state index is 11.8. The van der Waals surface area contributed by atoms with E-state index in [9.17, 15) is 10.1 Å². The van der Waals surface area contributed by atoms with Gasteiger partial charge in [-0.05, 0) is 36.4 Å². The molecule has 0 aliphatic rings. The van der Waals surface area contributed by atoms with E-state index in [1.165, 1.54) is 24.4 Å². The molecule has 0 saturated carbocycles. The minimum Gasteiger partial charge on any atom is -0.277 e. The topological polar surface area (TPSA) is 86.7 Å². The molecule has 0 atom stereocenters. The molecule has 4 aromatic rings. The molecule has 26 heavy (non-hydrogen) atoms. The van der Waals surface area contributed by atoms with Gasteiger partial charge in [0, 0.05) is 9.92 Å². The fourth-order valence-corrected chi connectivity index (χ4v) is 3.49. The summed E-state index contributed by atoms with van der Waals surface area (Å²) in [5.41, 5.74) is 1.29. The fourth-order valence-electron chi connectivity index (χ4n) is 2.51. The Balaban J connectivity index is 1.86. The predicted octanol–water partition coefficient (Wildman–Crippen LogP) is 4.53. The molecule has 128 valence electrons. The van der Waals surface area contributed by atoms with Crippen molar-refractivity contribution in [1.82, 2.24) is 19.5 Å². The highest BCUT2D eigenvalue weighted by molar-refractivity contribution is 7.99. The Morgan fingerprint density at radius 1 is 1.04 bits per heavy atom. The Kier molecular flexibility index (Phi) is 4.27. The molecule has 0 aliphatic carbocycles. The predicted molar refractivity (Wildman–Crippen MR) is 98.9 cm³/mol. The van der Waals surface area contributed by atoms with Crippen molar-refractivity contribution in [3.63, 3.8) is 0 Å². The first-order chi connectivity index (χ1) is 12.6. The first-order valence-electron chi connectivity index (χ1n) is 7.49. The van der Waals surface area contributed by atoms with E-state index in [4.69, 9.17) is 11.6 Å². The molecule has 0 N–H and O–H groups in total. The minimum absolute atomic E-state index is 0.171. The summed E-state index contributed by atoms with van der Waals surface area (Å²) in [6, 6.07) is 14.4. The summed E-state index contributed by atoms with van der Waals surface area (Å²) >= 11 is 7.07. The third kappa shape index (κ3) is 3.00. The lowest BCUT2D eigenvalue weighted by molar-refractivity contribution is -0.388.